The first-order valence-electron chi connectivity index (χ1n) is 7.32. The van der Waals surface area contributed by atoms with Crippen LogP contribution in [-0.4, -0.2) is 0 Å². The van der Waals surface area contributed by atoms with Crippen LogP contribution in [0.15, 0.2) is 54.1 Å². The molecule has 2 aromatic rings. The van der Waals surface area contributed by atoms with Crippen molar-refractivity contribution in [1.82, 2.24) is 0 Å². The van der Waals surface area contributed by atoms with E-state index in [0.717, 1.165) is 0 Å². The fourth-order valence-corrected chi connectivity index (χ4v) is 3.24. The van der Waals surface area contributed by atoms with Crippen molar-refractivity contribution in [3.8, 4) is 0 Å². The number of fused-ring (bicyclic) bond motifs is 4. The van der Waals surface area contributed by atoms with Crippen molar-refractivity contribution >= 4 is 5.57 Å². The van der Waals surface area contributed by atoms with Gasteiger partial charge in [-0.3, -0.25) is 0 Å². The van der Waals surface area contributed by atoms with E-state index in [1.54, 1.807) is 5.57 Å². The van der Waals surface area contributed by atoms with Crippen LogP contribution in [0.3, 0.4) is 0 Å². The predicted octanol–water partition coefficient (Wildman–Crippen LogP) is 5.02. The molecule has 2 aliphatic rings. The van der Waals surface area contributed by atoms with Crippen molar-refractivity contribution in [3.05, 3.63) is 76.4 Å². The molecular formula is C19H20. The summed E-state index contributed by atoms with van der Waals surface area (Å²) in [5.74, 6) is 0. The van der Waals surface area contributed by atoms with Crippen LogP contribution in [0.1, 0.15) is 42.5 Å². The molecule has 0 heteroatoms. The van der Waals surface area contributed by atoms with E-state index < -0.39 is 0 Å². The maximum absolute atomic E-state index is 2.28. The lowest BCUT2D eigenvalue weighted by Crippen LogP contribution is -2.02. The van der Waals surface area contributed by atoms with Crippen LogP contribution in [0.2, 0.25) is 0 Å². The van der Waals surface area contributed by atoms with Crippen LogP contribution < -0.4 is 0 Å². The molecule has 0 nitrogen and oxygen atoms in total. The zero-order chi connectivity index (χ0) is 13.2. The van der Waals surface area contributed by atoms with Gasteiger partial charge in [-0.2, -0.15) is 0 Å². The summed E-state index contributed by atoms with van der Waals surface area (Å²) in [6, 6.07) is 17.7. The van der Waals surface area contributed by atoms with Crippen molar-refractivity contribution in [1.29, 1.82) is 0 Å². The molecule has 0 spiro atoms. The minimum absolute atomic E-state index is 1.17. The number of hydrogen-bond donors (Lipinski definition) is 0. The summed E-state index contributed by atoms with van der Waals surface area (Å²) >= 11 is 0. The zero-order valence-electron chi connectivity index (χ0n) is 11.7. The van der Waals surface area contributed by atoms with E-state index in [0.29, 0.717) is 0 Å². The summed E-state index contributed by atoms with van der Waals surface area (Å²) in [6.45, 7) is 4.00. The predicted molar refractivity (Wildman–Crippen MR) is 82.3 cm³/mol. The number of benzene rings is 2. The van der Waals surface area contributed by atoms with Crippen molar-refractivity contribution < 1.29 is 0 Å². The number of aryl methyl sites for hydroxylation is 1. The first kappa shape index (κ1) is 12.2. The van der Waals surface area contributed by atoms with E-state index in [9.17, 15) is 0 Å². The van der Waals surface area contributed by atoms with E-state index in [1.807, 2.05) is 13.8 Å². The number of hydrogen-bond acceptors (Lipinski definition) is 0. The molecule has 96 valence electrons. The van der Waals surface area contributed by atoms with Crippen molar-refractivity contribution in [2.24, 2.45) is 0 Å². The van der Waals surface area contributed by atoms with E-state index in [2.05, 4.69) is 48.5 Å². The Morgan fingerprint density at radius 1 is 0.684 bits per heavy atom. The van der Waals surface area contributed by atoms with Gasteiger partial charge in [-0.25, -0.2) is 0 Å². The average Bonchev–Trinajstić information content (AvgIpc) is 2.88. The molecule has 0 fully saturated rings. The largest absolute Gasteiger partial charge is 0.0683 e. The molecule has 4 rings (SSSR count). The van der Waals surface area contributed by atoms with E-state index in [4.69, 9.17) is 0 Å². The molecule has 19 heavy (non-hydrogen) atoms. The SMILES string of the molecule is CC.c1ccc2c(c1)CCC1=C2c2ccccc2C1. The normalized spacial score (nSPS) is 15.1. The third kappa shape index (κ3) is 1.92. The molecule has 0 saturated heterocycles. The Bertz CT molecular complexity index is 632. The van der Waals surface area contributed by atoms with Gasteiger partial charge in [0.25, 0.3) is 0 Å². The summed E-state index contributed by atoms with van der Waals surface area (Å²) in [5.41, 5.74) is 9.14. The standard InChI is InChI=1S/C17H14.C2H6/c1-3-7-15-12(5-1)9-10-14-11-13-6-2-4-8-16(13)17(14)15;1-2/h1-8H,9-11H2;1-2H3. The van der Waals surface area contributed by atoms with Gasteiger partial charge in [0.15, 0.2) is 0 Å². The second-order valence-electron chi connectivity index (χ2n) is 4.97. The first-order valence-corrected chi connectivity index (χ1v) is 7.32. The lowest BCUT2D eigenvalue weighted by molar-refractivity contribution is 0.896. The van der Waals surface area contributed by atoms with Crippen LogP contribution in [0.4, 0.5) is 0 Å². The molecule has 0 bridgehead atoms. The highest BCUT2D eigenvalue weighted by atomic mass is 14.3. The summed E-state index contributed by atoms with van der Waals surface area (Å²) < 4.78 is 0. The monoisotopic (exact) mass is 248 g/mol. The highest BCUT2D eigenvalue weighted by Crippen LogP contribution is 2.43. The summed E-state index contributed by atoms with van der Waals surface area (Å²) in [5, 5.41) is 0. The second-order valence-corrected chi connectivity index (χ2v) is 4.97. The Morgan fingerprint density at radius 3 is 2.00 bits per heavy atom. The van der Waals surface area contributed by atoms with E-state index >= 15 is 0 Å². The third-order valence-electron chi connectivity index (χ3n) is 4.03. The molecule has 0 unspecified atom stereocenters. The topological polar surface area (TPSA) is 0 Å². The highest BCUT2D eigenvalue weighted by Gasteiger charge is 2.26. The molecular weight excluding hydrogens is 228 g/mol. The molecule has 0 heterocycles. The molecule has 0 saturated carbocycles. The van der Waals surface area contributed by atoms with Gasteiger partial charge in [0.05, 0.1) is 0 Å². The van der Waals surface area contributed by atoms with Crippen LogP contribution >= 0.6 is 0 Å². The quantitative estimate of drug-likeness (QED) is 0.614. The molecule has 0 radical (unpaired) electrons. The zero-order valence-corrected chi connectivity index (χ0v) is 11.7. The van der Waals surface area contributed by atoms with Crippen LogP contribution in [0.25, 0.3) is 5.57 Å². The fraction of sp³-hybridized carbons (Fsp3) is 0.263. The number of rotatable bonds is 0. The minimum atomic E-state index is 1.17. The van der Waals surface area contributed by atoms with Gasteiger partial charge in [-0.05, 0) is 47.1 Å². The van der Waals surface area contributed by atoms with E-state index in [-0.39, 0.29) is 0 Å². The van der Waals surface area contributed by atoms with Crippen LogP contribution in [0.5, 0.6) is 0 Å². The Labute approximate surface area is 115 Å². The first-order chi connectivity index (χ1) is 9.43. The van der Waals surface area contributed by atoms with Crippen molar-refractivity contribution in [2.75, 3.05) is 0 Å². The fourth-order valence-electron chi connectivity index (χ4n) is 3.24. The summed E-state index contributed by atoms with van der Waals surface area (Å²) in [4.78, 5) is 0. The average molecular weight is 248 g/mol. The van der Waals surface area contributed by atoms with Gasteiger partial charge in [0, 0.05) is 0 Å². The summed E-state index contributed by atoms with van der Waals surface area (Å²) in [6.07, 6.45) is 3.61. The molecule has 0 amide bonds. The maximum atomic E-state index is 2.28. The van der Waals surface area contributed by atoms with Gasteiger partial charge in [0.1, 0.15) is 0 Å². The third-order valence-corrected chi connectivity index (χ3v) is 4.03. The Kier molecular flexibility index (Phi) is 3.25. The smallest absolute Gasteiger partial charge is 0.00514 e. The highest BCUT2D eigenvalue weighted by molar-refractivity contribution is 5.89. The molecule has 2 aromatic carbocycles. The minimum Gasteiger partial charge on any atom is -0.0683 e. The number of allylic oxidation sites excluding steroid dienone is 1. The molecule has 2 aliphatic carbocycles. The van der Waals surface area contributed by atoms with Crippen molar-refractivity contribution in [2.45, 2.75) is 33.1 Å². The lowest BCUT2D eigenvalue weighted by Gasteiger charge is -2.19. The maximum Gasteiger partial charge on any atom is -0.00514 e. The van der Waals surface area contributed by atoms with Crippen molar-refractivity contribution in [3.63, 3.8) is 0 Å². The second kappa shape index (κ2) is 5.05. The summed E-state index contributed by atoms with van der Waals surface area (Å²) in [7, 11) is 0. The van der Waals surface area contributed by atoms with Gasteiger partial charge in [-0.15, -0.1) is 0 Å². The molecule has 0 aliphatic heterocycles. The van der Waals surface area contributed by atoms with Gasteiger partial charge < -0.3 is 0 Å². The van der Waals surface area contributed by atoms with Gasteiger partial charge in [-0.1, -0.05) is 68.0 Å². The molecule has 0 atom stereocenters. The lowest BCUT2D eigenvalue weighted by atomic mass is 9.85. The van der Waals surface area contributed by atoms with Crippen LogP contribution in [0, 0.1) is 0 Å². The Balaban J connectivity index is 0.000000528. The molecule has 0 N–H and O–H groups in total. The molecule has 0 aromatic heterocycles. The van der Waals surface area contributed by atoms with Crippen LogP contribution in [-0.2, 0) is 12.8 Å². The van der Waals surface area contributed by atoms with Gasteiger partial charge >= 0.3 is 0 Å². The Morgan fingerprint density at radius 2 is 1.26 bits per heavy atom. The van der Waals surface area contributed by atoms with Gasteiger partial charge in [0.2, 0.25) is 0 Å². The van der Waals surface area contributed by atoms with E-state index in [1.165, 1.54) is 47.1 Å². The Hall–Kier alpha value is -1.82.